The van der Waals surface area contributed by atoms with Crippen molar-refractivity contribution in [3.8, 4) is 0 Å². The second-order valence-electron chi connectivity index (χ2n) is 6.48. The quantitative estimate of drug-likeness (QED) is 0.245. The van der Waals surface area contributed by atoms with Crippen molar-refractivity contribution in [3.05, 3.63) is 35.9 Å². The Bertz CT molecular complexity index is 499. The number of hydrogen-bond donors (Lipinski definition) is 1. The number of ether oxygens (including phenoxy) is 2. The molecule has 0 aliphatic carbocycles. The van der Waals surface area contributed by atoms with Crippen LogP contribution in [0, 0.1) is 5.92 Å². The summed E-state index contributed by atoms with van der Waals surface area (Å²) in [6, 6.07) is 10.8. The van der Waals surface area contributed by atoms with Crippen LogP contribution in [-0.4, -0.2) is 64.0 Å². The zero-order valence-corrected chi connectivity index (χ0v) is 18.5. The Hall–Kier alpha value is -0.860. The summed E-state index contributed by atoms with van der Waals surface area (Å²) in [7, 11) is 1.69. The first kappa shape index (κ1) is 23.2. The Balaban J connectivity index is 0.00000338. The number of halogens is 1. The lowest BCUT2D eigenvalue weighted by molar-refractivity contribution is 0.0702. The maximum absolute atomic E-state index is 5.50. The van der Waals surface area contributed by atoms with Crippen molar-refractivity contribution < 1.29 is 9.47 Å². The van der Waals surface area contributed by atoms with E-state index >= 15 is 0 Å². The molecule has 1 unspecified atom stereocenters. The van der Waals surface area contributed by atoms with Crippen molar-refractivity contribution in [3.63, 3.8) is 0 Å². The van der Waals surface area contributed by atoms with Gasteiger partial charge in [-0.25, -0.2) is 0 Å². The topological polar surface area (TPSA) is 46.1 Å². The van der Waals surface area contributed by atoms with Crippen molar-refractivity contribution in [2.75, 3.05) is 53.1 Å². The molecule has 1 aromatic carbocycles. The van der Waals surface area contributed by atoms with Crippen LogP contribution in [0.2, 0.25) is 0 Å². The Morgan fingerprint density at radius 1 is 1.23 bits per heavy atom. The van der Waals surface area contributed by atoms with E-state index in [0.29, 0.717) is 19.1 Å². The molecular weight excluding hydrogens is 441 g/mol. The van der Waals surface area contributed by atoms with Crippen LogP contribution in [0.25, 0.3) is 0 Å². The highest BCUT2D eigenvalue weighted by atomic mass is 127. The lowest BCUT2D eigenvalue weighted by Gasteiger charge is -2.21. The predicted molar refractivity (Wildman–Crippen MR) is 119 cm³/mol. The lowest BCUT2D eigenvalue weighted by atomic mass is 9.99. The number of guanidine groups is 1. The molecule has 5 nitrogen and oxygen atoms in total. The molecule has 26 heavy (non-hydrogen) atoms. The zero-order valence-electron chi connectivity index (χ0n) is 16.2. The van der Waals surface area contributed by atoms with E-state index in [0.717, 1.165) is 51.6 Å². The molecule has 0 radical (unpaired) electrons. The standard InChI is InChI=1S/C20H33N3O2.HI/c1-3-21-20(22-11-7-13-25-15-14-24-2)23-12-10-19(17-23)16-18-8-5-4-6-9-18;/h4-6,8-9,19H,3,7,10-17H2,1-2H3,(H,21,22);1H. The predicted octanol–water partition coefficient (Wildman–Crippen LogP) is 3.19. The van der Waals surface area contributed by atoms with Crippen LogP contribution < -0.4 is 5.32 Å². The van der Waals surface area contributed by atoms with Crippen LogP contribution in [0.3, 0.4) is 0 Å². The molecule has 148 valence electrons. The maximum atomic E-state index is 5.50. The third kappa shape index (κ3) is 8.68. The number of aliphatic imine (C=N–C) groups is 1. The SMILES string of the molecule is CCNC(=NCCCOCCOC)N1CCC(Cc2ccccc2)C1.I. The van der Waals surface area contributed by atoms with Gasteiger partial charge in [-0.3, -0.25) is 4.99 Å². The lowest BCUT2D eigenvalue weighted by Crippen LogP contribution is -2.40. The third-order valence-electron chi connectivity index (χ3n) is 4.43. The van der Waals surface area contributed by atoms with E-state index in [1.54, 1.807) is 7.11 Å². The highest BCUT2D eigenvalue weighted by Gasteiger charge is 2.24. The highest BCUT2D eigenvalue weighted by molar-refractivity contribution is 14.0. The zero-order chi connectivity index (χ0) is 17.7. The van der Waals surface area contributed by atoms with Gasteiger partial charge in [-0.15, -0.1) is 24.0 Å². The van der Waals surface area contributed by atoms with Gasteiger partial charge in [-0.05, 0) is 37.7 Å². The fraction of sp³-hybridized carbons (Fsp3) is 0.650. The molecule has 0 aromatic heterocycles. The van der Waals surface area contributed by atoms with Gasteiger partial charge in [0, 0.05) is 39.9 Å². The maximum Gasteiger partial charge on any atom is 0.193 e. The normalized spacial score (nSPS) is 17.2. The fourth-order valence-electron chi connectivity index (χ4n) is 3.16. The summed E-state index contributed by atoms with van der Waals surface area (Å²) in [6.07, 6.45) is 3.34. The molecule has 6 heteroatoms. The van der Waals surface area contributed by atoms with Crippen molar-refractivity contribution in [2.24, 2.45) is 10.9 Å². The number of nitrogens with zero attached hydrogens (tertiary/aromatic N) is 2. The monoisotopic (exact) mass is 475 g/mol. The Morgan fingerprint density at radius 3 is 2.77 bits per heavy atom. The molecule has 2 rings (SSSR count). The average molecular weight is 475 g/mol. The molecule has 1 saturated heterocycles. The van der Waals surface area contributed by atoms with Crippen molar-refractivity contribution in [1.29, 1.82) is 0 Å². The minimum absolute atomic E-state index is 0. The molecule has 1 aliphatic rings. The van der Waals surface area contributed by atoms with Crippen molar-refractivity contribution >= 4 is 29.9 Å². The van der Waals surface area contributed by atoms with E-state index in [1.807, 2.05) is 0 Å². The first-order chi connectivity index (χ1) is 12.3. The molecule has 0 saturated carbocycles. The molecule has 1 N–H and O–H groups in total. The van der Waals surface area contributed by atoms with Crippen LogP contribution in [0.4, 0.5) is 0 Å². The summed E-state index contributed by atoms with van der Waals surface area (Å²) in [6.45, 7) is 8.07. The summed E-state index contributed by atoms with van der Waals surface area (Å²) in [4.78, 5) is 7.18. The molecule has 0 amide bonds. The summed E-state index contributed by atoms with van der Waals surface area (Å²) in [5.74, 6) is 1.76. The Kier molecular flexibility index (Phi) is 12.7. The van der Waals surface area contributed by atoms with Gasteiger partial charge >= 0.3 is 0 Å². The van der Waals surface area contributed by atoms with Crippen molar-refractivity contribution in [1.82, 2.24) is 10.2 Å². The van der Waals surface area contributed by atoms with E-state index in [-0.39, 0.29) is 24.0 Å². The number of rotatable bonds is 10. The van der Waals surface area contributed by atoms with Gasteiger partial charge in [-0.1, -0.05) is 30.3 Å². The minimum Gasteiger partial charge on any atom is -0.382 e. The van der Waals surface area contributed by atoms with E-state index < -0.39 is 0 Å². The van der Waals surface area contributed by atoms with E-state index in [2.05, 4.69) is 47.5 Å². The summed E-state index contributed by atoms with van der Waals surface area (Å²) >= 11 is 0. The summed E-state index contributed by atoms with van der Waals surface area (Å²) in [5.41, 5.74) is 1.43. The molecule has 1 fully saturated rings. The molecule has 0 bridgehead atoms. The smallest absolute Gasteiger partial charge is 0.193 e. The number of nitrogens with one attached hydrogen (secondary N) is 1. The summed E-state index contributed by atoms with van der Waals surface area (Å²) < 4.78 is 10.5. The van der Waals surface area contributed by atoms with E-state index in [9.17, 15) is 0 Å². The molecule has 1 atom stereocenters. The average Bonchev–Trinajstić information content (AvgIpc) is 3.09. The summed E-state index contributed by atoms with van der Waals surface area (Å²) in [5, 5.41) is 3.44. The first-order valence-electron chi connectivity index (χ1n) is 9.47. The molecule has 1 aromatic rings. The highest BCUT2D eigenvalue weighted by Crippen LogP contribution is 2.20. The van der Waals surface area contributed by atoms with E-state index in [4.69, 9.17) is 14.5 Å². The van der Waals surface area contributed by atoms with Crippen molar-refractivity contribution in [2.45, 2.75) is 26.2 Å². The van der Waals surface area contributed by atoms with Gasteiger partial charge in [0.05, 0.1) is 13.2 Å². The van der Waals surface area contributed by atoms with Gasteiger partial charge in [0.1, 0.15) is 0 Å². The van der Waals surface area contributed by atoms with Gasteiger partial charge in [0.25, 0.3) is 0 Å². The number of benzene rings is 1. The van der Waals surface area contributed by atoms with Crippen LogP contribution in [0.1, 0.15) is 25.3 Å². The third-order valence-corrected chi connectivity index (χ3v) is 4.43. The molecule has 0 spiro atoms. The number of hydrogen-bond acceptors (Lipinski definition) is 3. The minimum atomic E-state index is 0. The second kappa shape index (κ2) is 14.2. The van der Waals surface area contributed by atoms with Crippen LogP contribution in [0.15, 0.2) is 35.3 Å². The second-order valence-corrected chi connectivity index (χ2v) is 6.48. The van der Waals surface area contributed by atoms with Crippen LogP contribution >= 0.6 is 24.0 Å². The van der Waals surface area contributed by atoms with Crippen LogP contribution in [0.5, 0.6) is 0 Å². The fourth-order valence-corrected chi connectivity index (χ4v) is 3.16. The molecular formula is C20H34IN3O2. The largest absolute Gasteiger partial charge is 0.382 e. The Labute approximate surface area is 175 Å². The van der Waals surface area contributed by atoms with Gasteiger partial charge < -0.3 is 19.7 Å². The van der Waals surface area contributed by atoms with Gasteiger partial charge in [0.15, 0.2) is 5.96 Å². The molecule has 1 heterocycles. The van der Waals surface area contributed by atoms with Gasteiger partial charge in [-0.2, -0.15) is 0 Å². The van der Waals surface area contributed by atoms with E-state index in [1.165, 1.54) is 12.0 Å². The van der Waals surface area contributed by atoms with Crippen LogP contribution in [-0.2, 0) is 15.9 Å². The van der Waals surface area contributed by atoms with Gasteiger partial charge in [0.2, 0.25) is 0 Å². The number of methoxy groups -OCH3 is 1. The first-order valence-corrected chi connectivity index (χ1v) is 9.47. The molecule has 1 aliphatic heterocycles. The Morgan fingerprint density at radius 2 is 2.04 bits per heavy atom. The number of likely N-dealkylation sites (tertiary alicyclic amines) is 1.